The van der Waals surface area contributed by atoms with Gasteiger partial charge in [0.05, 0.1) is 12.1 Å². The summed E-state index contributed by atoms with van der Waals surface area (Å²) in [5.41, 5.74) is 2.94. The fourth-order valence-corrected chi connectivity index (χ4v) is 3.57. The van der Waals surface area contributed by atoms with E-state index in [9.17, 15) is 15.0 Å². The highest BCUT2D eigenvalue weighted by atomic mass is 35.5. The number of aliphatic hydroxyl groups is 1. The largest absolute Gasteiger partial charge is 0.508 e. The zero-order chi connectivity index (χ0) is 17.6. The molecule has 1 aromatic heterocycles. The number of phenols is 1. The van der Waals surface area contributed by atoms with Crippen LogP contribution in [0, 0.1) is 0 Å². The minimum absolute atomic E-state index is 0.189. The molecule has 1 unspecified atom stereocenters. The molecule has 4 rings (SSSR count). The van der Waals surface area contributed by atoms with Gasteiger partial charge in [-0.15, -0.1) is 0 Å². The van der Waals surface area contributed by atoms with Gasteiger partial charge < -0.3 is 20.5 Å². The Kier molecular flexibility index (Phi) is 3.90. The van der Waals surface area contributed by atoms with Gasteiger partial charge in [-0.1, -0.05) is 23.7 Å². The first-order valence-corrected chi connectivity index (χ1v) is 8.46. The molecule has 2 atom stereocenters. The average molecular weight is 357 g/mol. The molecule has 1 aliphatic rings. The number of aromatic amines is 1. The van der Waals surface area contributed by atoms with Crippen LogP contribution in [-0.4, -0.2) is 33.3 Å². The molecule has 5 nitrogen and oxygen atoms in total. The molecule has 0 bridgehead atoms. The minimum atomic E-state index is -0.747. The topological polar surface area (TPSA) is 85.3 Å². The SMILES string of the molecule is O=C(NC1Cc2cccc(O)c2C[C@H]1O)c1cc2cc(Cl)ccc2[nH]1. The van der Waals surface area contributed by atoms with Crippen molar-refractivity contribution in [3.63, 3.8) is 0 Å². The van der Waals surface area contributed by atoms with E-state index in [1.807, 2.05) is 12.1 Å². The summed E-state index contributed by atoms with van der Waals surface area (Å²) in [6.45, 7) is 0. The molecule has 0 saturated carbocycles. The number of rotatable bonds is 2. The molecule has 2 aromatic carbocycles. The Balaban J connectivity index is 1.55. The van der Waals surface area contributed by atoms with Crippen LogP contribution in [0.1, 0.15) is 21.6 Å². The first-order chi connectivity index (χ1) is 12.0. The maximum Gasteiger partial charge on any atom is 0.268 e. The van der Waals surface area contributed by atoms with Gasteiger partial charge in [0.25, 0.3) is 5.91 Å². The number of carbonyl (C=O) groups excluding carboxylic acids is 1. The van der Waals surface area contributed by atoms with Crippen LogP contribution >= 0.6 is 11.6 Å². The van der Waals surface area contributed by atoms with Crippen molar-refractivity contribution in [2.75, 3.05) is 0 Å². The molecule has 3 aromatic rings. The van der Waals surface area contributed by atoms with Crippen molar-refractivity contribution in [3.8, 4) is 5.75 Å². The molecule has 1 heterocycles. The number of aromatic hydroxyl groups is 1. The van der Waals surface area contributed by atoms with E-state index in [-0.39, 0.29) is 11.7 Å². The summed E-state index contributed by atoms with van der Waals surface area (Å²) < 4.78 is 0. The summed E-state index contributed by atoms with van der Waals surface area (Å²) in [7, 11) is 0. The number of aromatic nitrogens is 1. The predicted molar refractivity (Wildman–Crippen MR) is 96.1 cm³/mol. The summed E-state index contributed by atoms with van der Waals surface area (Å²) in [6, 6.07) is 12.0. The number of fused-ring (bicyclic) bond motifs is 2. The minimum Gasteiger partial charge on any atom is -0.508 e. The molecular weight excluding hydrogens is 340 g/mol. The van der Waals surface area contributed by atoms with E-state index in [0.29, 0.717) is 23.6 Å². The van der Waals surface area contributed by atoms with Crippen LogP contribution < -0.4 is 5.32 Å². The molecule has 0 fully saturated rings. The van der Waals surface area contributed by atoms with Crippen LogP contribution in [0.3, 0.4) is 0 Å². The number of nitrogens with one attached hydrogen (secondary N) is 2. The maximum absolute atomic E-state index is 12.6. The number of aliphatic hydroxyl groups excluding tert-OH is 1. The monoisotopic (exact) mass is 356 g/mol. The number of phenolic OH excluding ortho intramolecular Hbond substituents is 1. The Hall–Kier alpha value is -2.50. The third-order valence-corrected chi connectivity index (χ3v) is 4.94. The molecule has 128 valence electrons. The molecule has 0 radical (unpaired) electrons. The number of amides is 1. The first-order valence-electron chi connectivity index (χ1n) is 8.08. The predicted octanol–water partition coefficient (Wildman–Crippen LogP) is 2.79. The van der Waals surface area contributed by atoms with Crippen LogP contribution in [0.2, 0.25) is 5.02 Å². The Morgan fingerprint density at radius 2 is 2.04 bits per heavy atom. The van der Waals surface area contributed by atoms with Gasteiger partial charge in [-0.2, -0.15) is 0 Å². The standard InChI is InChI=1S/C19H17ClN2O3/c20-12-4-5-14-11(6-12)8-16(21-14)19(25)22-15-7-10-2-1-3-17(23)13(10)9-18(15)24/h1-6,8,15,18,21,23-24H,7,9H2,(H,22,25)/t15?,18-/m1/s1. The van der Waals surface area contributed by atoms with Crippen molar-refractivity contribution in [2.45, 2.75) is 25.0 Å². The molecule has 4 N–H and O–H groups in total. The van der Waals surface area contributed by atoms with Crippen molar-refractivity contribution in [3.05, 3.63) is 64.3 Å². The number of carbonyl (C=O) groups is 1. The van der Waals surface area contributed by atoms with Crippen molar-refractivity contribution in [1.82, 2.24) is 10.3 Å². The number of H-pyrrole nitrogens is 1. The normalized spacial score (nSPS) is 19.6. The molecule has 0 aliphatic heterocycles. The summed E-state index contributed by atoms with van der Waals surface area (Å²) in [5.74, 6) is -0.0891. The summed E-state index contributed by atoms with van der Waals surface area (Å²) in [6.07, 6.45) is 0.0430. The van der Waals surface area contributed by atoms with E-state index in [0.717, 1.165) is 22.0 Å². The van der Waals surface area contributed by atoms with Gasteiger partial charge in [0, 0.05) is 22.3 Å². The van der Waals surface area contributed by atoms with Crippen LogP contribution in [0.15, 0.2) is 42.5 Å². The summed E-state index contributed by atoms with van der Waals surface area (Å²) in [5, 5.41) is 24.6. The van der Waals surface area contributed by atoms with Gasteiger partial charge in [-0.3, -0.25) is 4.79 Å². The lowest BCUT2D eigenvalue weighted by Crippen LogP contribution is -2.48. The van der Waals surface area contributed by atoms with Gasteiger partial charge >= 0.3 is 0 Å². The Morgan fingerprint density at radius 3 is 2.88 bits per heavy atom. The third kappa shape index (κ3) is 2.97. The van der Waals surface area contributed by atoms with Crippen LogP contribution in [-0.2, 0) is 12.8 Å². The Morgan fingerprint density at radius 1 is 1.20 bits per heavy atom. The first kappa shape index (κ1) is 16.0. The second-order valence-electron chi connectivity index (χ2n) is 6.38. The molecule has 1 amide bonds. The van der Waals surface area contributed by atoms with E-state index in [4.69, 9.17) is 11.6 Å². The highest BCUT2D eigenvalue weighted by Crippen LogP contribution is 2.29. The molecule has 6 heteroatoms. The molecule has 25 heavy (non-hydrogen) atoms. The fourth-order valence-electron chi connectivity index (χ4n) is 3.39. The van der Waals surface area contributed by atoms with E-state index in [1.54, 1.807) is 30.3 Å². The van der Waals surface area contributed by atoms with Crippen molar-refractivity contribution in [2.24, 2.45) is 0 Å². The van der Waals surface area contributed by atoms with E-state index >= 15 is 0 Å². The van der Waals surface area contributed by atoms with E-state index in [2.05, 4.69) is 10.3 Å². The molecule has 1 aliphatic carbocycles. The fraction of sp³-hybridized carbons (Fsp3) is 0.211. The summed E-state index contributed by atoms with van der Waals surface area (Å²) in [4.78, 5) is 15.6. The molecule has 0 saturated heterocycles. The zero-order valence-electron chi connectivity index (χ0n) is 13.3. The highest BCUT2D eigenvalue weighted by molar-refractivity contribution is 6.31. The third-order valence-electron chi connectivity index (χ3n) is 4.71. The summed E-state index contributed by atoms with van der Waals surface area (Å²) >= 11 is 5.97. The Bertz CT molecular complexity index is 966. The number of halogens is 1. The van der Waals surface area contributed by atoms with Crippen LogP contribution in [0.5, 0.6) is 5.75 Å². The quantitative estimate of drug-likeness (QED) is 0.569. The lowest BCUT2D eigenvalue weighted by atomic mass is 9.85. The smallest absolute Gasteiger partial charge is 0.268 e. The van der Waals surface area contributed by atoms with E-state index < -0.39 is 12.1 Å². The maximum atomic E-state index is 12.6. The van der Waals surface area contributed by atoms with Gasteiger partial charge in [0.2, 0.25) is 0 Å². The average Bonchev–Trinajstić information content (AvgIpc) is 3.00. The number of benzene rings is 2. The van der Waals surface area contributed by atoms with Crippen molar-refractivity contribution in [1.29, 1.82) is 0 Å². The van der Waals surface area contributed by atoms with Crippen molar-refractivity contribution < 1.29 is 15.0 Å². The second-order valence-corrected chi connectivity index (χ2v) is 6.82. The van der Waals surface area contributed by atoms with Gasteiger partial charge in [-0.05, 0) is 47.9 Å². The highest BCUT2D eigenvalue weighted by Gasteiger charge is 2.30. The lowest BCUT2D eigenvalue weighted by Gasteiger charge is -2.30. The second kappa shape index (κ2) is 6.10. The van der Waals surface area contributed by atoms with Gasteiger partial charge in [0.1, 0.15) is 11.4 Å². The lowest BCUT2D eigenvalue weighted by molar-refractivity contribution is 0.0809. The van der Waals surface area contributed by atoms with Gasteiger partial charge in [-0.25, -0.2) is 0 Å². The number of hydrogen-bond donors (Lipinski definition) is 4. The van der Waals surface area contributed by atoms with Gasteiger partial charge in [0.15, 0.2) is 0 Å². The molecular formula is C19H17ClN2O3. The zero-order valence-corrected chi connectivity index (χ0v) is 14.0. The van der Waals surface area contributed by atoms with E-state index in [1.165, 1.54) is 0 Å². The molecule has 0 spiro atoms. The van der Waals surface area contributed by atoms with Crippen LogP contribution in [0.4, 0.5) is 0 Å². The van der Waals surface area contributed by atoms with Crippen molar-refractivity contribution >= 4 is 28.4 Å². The Labute approximate surface area is 149 Å². The van der Waals surface area contributed by atoms with Crippen LogP contribution in [0.25, 0.3) is 10.9 Å². The number of hydrogen-bond acceptors (Lipinski definition) is 3.